The second-order valence-electron chi connectivity index (χ2n) is 4.57. The van der Waals surface area contributed by atoms with Crippen LogP contribution in [0.25, 0.3) is 0 Å². The Morgan fingerprint density at radius 1 is 1.44 bits per heavy atom. The van der Waals surface area contributed by atoms with Gasteiger partial charge >= 0.3 is 0 Å². The van der Waals surface area contributed by atoms with Gasteiger partial charge in [-0.25, -0.2) is 8.42 Å². The predicted molar refractivity (Wildman–Crippen MR) is 82.2 cm³/mol. The van der Waals surface area contributed by atoms with Crippen LogP contribution in [-0.2, 0) is 15.2 Å². The Kier molecular flexibility index (Phi) is 4.39. The quantitative estimate of drug-likeness (QED) is 0.721. The maximum absolute atomic E-state index is 11.6. The van der Waals surface area contributed by atoms with Crippen LogP contribution in [0.4, 0.5) is 5.69 Å². The highest BCUT2D eigenvalue weighted by Gasteiger charge is 2.28. The molecule has 0 bridgehead atoms. The summed E-state index contributed by atoms with van der Waals surface area (Å²) in [4.78, 5) is 2.16. The second kappa shape index (κ2) is 5.51. The van der Waals surface area contributed by atoms with Crippen molar-refractivity contribution in [1.82, 2.24) is 0 Å². The predicted octanol–water partition coefficient (Wildman–Crippen LogP) is 2.97. The lowest BCUT2D eigenvalue weighted by Gasteiger charge is -2.35. The Morgan fingerprint density at radius 2 is 2.17 bits per heavy atom. The van der Waals surface area contributed by atoms with E-state index >= 15 is 0 Å². The fourth-order valence-corrected chi connectivity index (χ4v) is 5.13. The van der Waals surface area contributed by atoms with E-state index in [-0.39, 0.29) is 17.5 Å². The summed E-state index contributed by atoms with van der Waals surface area (Å²) in [6.45, 7) is 2.53. The number of sulfone groups is 1. The van der Waals surface area contributed by atoms with Crippen molar-refractivity contribution in [3.63, 3.8) is 0 Å². The standard InChI is InChI=1S/C12H15Br2NO2S/c1-9-8-18(16,17)5-4-15(9)11-3-2-10(7-13)12(14)6-11/h2-3,6,9H,4-5,7-8H2,1H3. The van der Waals surface area contributed by atoms with Crippen LogP contribution >= 0.6 is 31.9 Å². The monoisotopic (exact) mass is 395 g/mol. The molecule has 1 aromatic rings. The molecule has 0 amide bonds. The largest absolute Gasteiger partial charge is 0.367 e. The van der Waals surface area contributed by atoms with Crippen molar-refractivity contribution < 1.29 is 8.42 Å². The second-order valence-corrected chi connectivity index (χ2v) is 8.21. The van der Waals surface area contributed by atoms with Gasteiger partial charge in [-0.3, -0.25) is 0 Å². The van der Waals surface area contributed by atoms with Crippen molar-refractivity contribution in [2.24, 2.45) is 0 Å². The summed E-state index contributed by atoms with van der Waals surface area (Å²) in [6, 6.07) is 6.20. The van der Waals surface area contributed by atoms with Crippen molar-refractivity contribution >= 4 is 47.4 Å². The van der Waals surface area contributed by atoms with Gasteiger partial charge in [0.05, 0.1) is 11.5 Å². The minimum atomic E-state index is -2.86. The Bertz CT molecular complexity index is 545. The lowest BCUT2D eigenvalue weighted by Crippen LogP contribution is -2.47. The number of hydrogen-bond acceptors (Lipinski definition) is 3. The van der Waals surface area contributed by atoms with Gasteiger partial charge in [0.2, 0.25) is 0 Å². The summed E-state index contributed by atoms with van der Waals surface area (Å²) in [7, 11) is -2.86. The van der Waals surface area contributed by atoms with Gasteiger partial charge in [-0.05, 0) is 24.6 Å². The third kappa shape index (κ3) is 3.08. The molecule has 0 N–H and O–H groups in total. The minimum Gasteiger partial charge on any atom is -0.367 e. The van der Waals surface area contributed by atoms with Gasteiger partial charge in [-0.15, -0.1) is 0 Å². The molecular formula is C12H15Br2NO2S. The highest BCUT2D eigenvalue weighted by molar-refractivity contribution is 9.10. The van der Waals surface area contributed by atoms with Crippen molar-refractivity contribution in [1.29, 1.82) is 0 Å². The third-order valence-corrected chi connectivity index (χ3v) is 6.32. The van der Waals surface area contributed by atoms with Gasteiger partial charge in [0.25, 0.3) is 0 Å². The Morgan fingerprint density at radius 3 is 2.72 bits per heavy atom. The lowest BCUT2D eigenvalue weighted by atomic mass is 10.2. The molecule has 18 heavy (non-hydrogen) atoms. The van der Waals surface area contributed by atoms with E-state index in [0.29, 0.717) is 6.54 Å². The number of halogens is 2. The van der Waals surface area contributed by atoms with Crippen LogP contribution in [0, 0.1) is 0 Å². The molecule has 0 radical (unpaired) electrons. The molecule has 100 valence electrons. The van der Waals surface area contributed by atoms with E-state index in [1.165, 1.54) is 5.56 Å². The molecule has 1 aromatic carbocycles. The molecule has 0 saturated carbocycles. The molecule has 1 atom stereocenters. The zero-order chi connectivity index (χ0) is 13.3. The highest BCUT2D eigenvalue weighted by atomic mass is 79.9. The zero-order valence-corrected chi connectivity index (χ0v) is 14.1. The summed E-state index contributed by atoms with van der Waals surface area (Å²) in [6.07, 6.45) is 0. The molecular weight excluding hydrogens is 382 g/mol. The van der Waals surface area contributed by atoms with E-state index in [1.807, 2.05) is 6.92 Å². The van der Waals surface area contributed by atoms with Crippen LogP contribution in [0.15, 0.2) is 22.7 Å². The van der Waals surface area contributed by atoms with E-state index in [0.717, 1.165) is 15.5 Å². The van der Waals surface area contributed by atoms with Gasteiger partial charge in [-0.1, -0.05) is 37.9 Å². The van der Waals surface area contributed by atoms with Gasteiger partial charge in [0.1, 0.15) is 0 Å². The fourth-order valence-electron chi connectivity index (χ4n) is 2.21. The molecule has 1 fully saturated rings. The normalized spacial score (nSPS) is 23.1. The van der Waals surface area contributed by atoms with Crippen LogP contribution in [-0.4, -0.2) is 32.5 Å². The number of anilines is 1. The molecule has 6 heteroatoms. The van der Waals surface area contributed by atoms with Crippen LogP contribution in [0.3, 0.4) is 0 Å². The van der Waals surface area contributed by atoms with Gasteiger partial charge in [0.15, 0.2) is 9.84 Å². The summed E-state index contributed by atoms with van der Waals surface area (Å²) in [5, 5.41) is 0.803. The minimum absolute atomic E-state index is 0.0328. The van der Waals surface area contributed by atoms with Gasteiger partial charge < -0.3 is 4.90 Å². The molecule has 0 aromatic heterocycles. The van der Waals surface area contributed by atoms with Crippen molar-refractivity contribution in [2.45, 2.75) is 18.3 Å². The maximum atomic E-state index is 11.6. The molecule has 3 nitrogen and oxygen atoms in total. The molecule has 0 spiro atoms. The average molecular weight is 397 g/mol. The summed E-state index contributed by atoms with van der Waals surface area (Å²) >= 11 is 6.97. The molecule has 1 unspecified atom stereocenters. The van der Waals surface area contributed by atoms with E-state index in [9.17, 15) is 8.42 Å². The molecule has 1 saturated heterocycles. The highest BCUT2D eigenvalue weighted by Crippen LogP contribution is 2.28. The smallest absolute Gasteiger partial charge is 0.154 e. The van der Waals surface area contributed by atoms with Gasteiger partial charge in [-0.2, -0.15) is 0 Å². The molecule has 2 rings (SSSR count). The van der Waals surface area contributed by atoms with Crippen LogP contribution in [0.1, 0.15) is 12.5 Å². The maximum Gasteiger partial charge on any atom is 0.154 e. The Hall–Kier alpha value is -0.0700. The molecule has 1 heterocycles. The SMILES string of the molecule is CC1CS(=O)(=O)CCN1c1ccc(CBr)c(Br)c1. The summed E-state index contributed by atoms with van der Waals surface area (Å²) < 4.78 is 24.2. The molecule has 1 aliphatic heterocycles. The summed E-state index contributed by atoms with van der Waals surface area (Å²) in [5.74, 6) is 0.486. The fraction of sp³-hybridized carbons (Fsp3) is 0.500. The lowest BCUT2D eigenvalue weighted by molar-refractivity contribution is 0.568. The van der Waals surface area contributed by atoms with E-state index < -0.39 is 9.84 Å². The zero-order valence-electron chi connectivity index (χ0n) is 10.1. The number of hydrogen-bond donors (Lipinski definition) is 0. The Balaban J connectivity index is 2.25. The van der Waals surface area contributed by atoms with E-state index in [4.69, 9.17) is 0 Å². The van der Waals surface area contributed by atoms with Crippen molar-refractivity contribution in [3.8, 4) is 0 Å². The first kappa shape index (κ1) is 14.3. The summed E-state index contributed by atoms with van der Waals surface area (Å²) in [5.41, 5.74) is 2.27. The first-order valence-corrected chi connectivity index (χ1v) is 9.48. The van der Waals surface area contributed by atoms with Gasteiger partial charge in [0, 0.05) is 28.1 Å². The Labute approximate surface area is 125 Å². The molecule has 1 aliphatic rings. The van der Waals surface area contributed by atoms with Crippen LogP contribution in [0.2, 0.25) is 0 Å². The first-order valence-electron chi connectivity index (χ1n) is 5.74. The van der Waals surface area contributed by atoms with Crippen molar-refractivity contribution in [2.75, 3.05) is 23.0 Å². The number of alkyl halides is 1. The number of nitrogens with zero attached hydrogens (tertiary/aromatic N) is 1. The molecule has 0 aliphatic carbocycles. The number of rotatable bonds is 2. The van der Waals surface area contributed by atoms with E-state index in [1.54, 1.807) is 0 Å². The first-order chi connectivity index (χ1) is 8.43. The third-order valence-electron chi connectivity index (χ3n) is 3.18. The van der Waals surface area contributed by atoms with Crippen LogP contribution < -0.4 is 4.90 Å². The van der Waals surface area contributed by atoms with Crippen molar-refractivity contribution in [3.05, 3.63) is 28.2 Å². The number of benzene rings is 1. The average Bonchev–Trinajstić information content (AvgIpc) is 2.27. The van der Waals surface area contributed by atoms with Crippen LogP contribution in [0.5, 0.6) is 0 Å². The topological polar surface area (TPSA) is 37.4 Å². The van der Waals surface area contributed by atoms with E-state index in [2.05, 4.69) is 55.0 Å².